The summed E-state index contributed by atoms with van der Waals surface area (Å²) in [6, 6.07) is 22.4. The molecule has 1 aliphatic rings. The van der Waals surface area contributed by atoms with Gasteiger partial charge in [0.15, 0.2) is 0 Å². The molecule has 280 valence electrons. The molecular formula is C46H60N6O. The van der Waals surface area contributed by atoms with Crippen molar-refractivity contribution in [1.82, 2.24) is 20.1 Å². The van der Waals surface area contributed by atoms with Crippen molar-refractivity contribution in [3.63, 3.8) is 0 Å². The van der Waals surface area contributed by atoms with E-state index in [-0.39, 0.29) is 12.1 Å². The molecule has 0 bridgehead atoms. The quantitative estimate of drug-likeness (QED) is 0.0951. The minimum atomic E-state index is -0.329. The Labute approximate surface area is 318 Å². The zero-order chi connectivity index (χ0) is 38.0. The van der Waals surface area contributed by atoms with E-state index >= 15 is 0 Å². The number of nitriles is 1. The normalized spacial score (nSPS) is 15.0. The van der Waals surface area contributed by atoms with E-state index in [1.54, 1.807) is 6.20 Å². The van der Waals surface area contributed by atoms with E-state index in [0.29, 0.717) is 12.1 Å². The number of benzene rings is 3. The lowest BCUT2D eigenvalue weighted by molar-refractivity contribution is 0.169. The van der Waals surface area contributed by atoms with Crippen LogP contribution >= 0.6 is 0 Å². The van der Waals surface area contributed by atoms with Gasteiger partial charge in [-0.25, -0.2) is 4.99 Å². The Kier molecular flexibility index (Phi) is 14.0. The summed E-state index contributed by atoms with van der Waals surface area (Å²) < 4.78 is 0. The van der Waals surface area contributed by atoms with Crippen LogP contribution in [0.3, 0.4) is 0 Å². The summed E-state index contributed by atoms with van der Waals surface area (Å²) in [5.74, 6) is 1.21. The summed E-state index contributed by atoms with van der Waals surface area (Å²) in [4.78, 5) is 14.5. The zero-order valence-electron chi connectivity index (χ0n) is 33.2. The van der Waals surface area contributed by atoms with Gasteiger partial charge in [-0.3, -0.25) is 4.98 Å². The van der Waals surface area contributed by atoms with Crippen molar-refractivity contribution >= 4 is 11.5 Å². The van der Waals surface area contributed by atoms with Crippen LogP contribution in [0.4, 0.5) is 5.69 Å². The predicted molar refractivity (Wildman–Crippen MR) is 220 cm³/mol. The van der Waals surface area contributed by atoms with Crippen LogP contribution in [-0.4, -0.2) is 71.1 Å². The first-order valence-corrected chi connectivity index (χ1v) is 19.6. The number of aromatic nitrogens is 1. The van der Waals surface area contributed by atoms with Crippen LogP contribution in [-0.2, 0) is 32.2 Å². The summed E-state index contributed by atoms with van der Waals surface area (Å²) in [7, 11) is 2.20. The van der Waals surface area contributed by atoms with E-state index in [9.17, 15) is 10.4 Å². The average molecular weight is 713 g/mol. The SMILES string of the molecule is CCC/C(=N\c1cc(-c2cccc(CCc3cc(CCc4cncc(C#N)c4)c(CNC(C)(CC)CO)cc3C)c2C)ccc1C)N1CCN(C)CC1. The molecule has 0 spiro atoms. The van der Waals surface area contributed by atoms with Crippen LogP contribution in [0.1, 0.15) is 90.1 Å². The lowest BCUT2D eigenvalue weighted by atomic mass is 9.89. The number of likely N-dealkylation sites (N-methyl/N-ethyl adjacent to an activating group) is 1. The minimum Gasteiger partial charge on any atom is -0.394 e. The molecule has 2 heterocycles. The molecule has 1 fully saturated rings. The maximum Gasteiger partial charge on any atom is 0.105 e. The Morgan fingerprint density at radius 1 is 0.887 bits per heavy atom. The fourth-order valence-electron chi connectivity index (χ4n) is 7.24. The number of piperazine rings is 1. The fraction of sp³-hybridized carbons (Fsp3) is 0.457. The van der Waals surface area contributed by atoms with Gasteiger partial charge in [0.05, 0.1) is 17.9 Å². The Hall–Kier alpha value is -4.35. The highest BCUT2D eigenvalue weighted by Crippen LogP contribution is 2.32. The van der Waals surface area contributed by atoms with Crippen molar-refractivity contribution in [2.24, 2.45) is 4.99 Å². The molecule has 4 aromatic rings. The average Bonchev–Trinajstić information content (AvgIpc) is 3.17. The molecule has 53 heavy (non-hydrogen) atoms. The number of amidine groups is 1. The largest absolute Gasteiger partial charge is 0.394 e. The van der Waals surface area contributed by atoms with Gasteiger partial charge >= 0.3 is 0 Å². The van der Waals surface area contributed by atoms with Crippen molar-refractivity contribution < 1.29 is 5.11 Å². The van der Waals surface area contributed by atoms with Crippen molar-refractivity contribution in [3.8, 4) is 17.2 Å². The molecule has 7 heteroatoms. The van der Waals surface area contributed by atoms with E-state index in [2.05, 4.69) is 123 Å². The van der Waals surface area contributed by atoms with E-state index in [4.69, 9.17) is 4.99 Å². The summed E-state index contributed by atoms with van der Waals surface area (Å²) in [6.07, 6.45) is 9.95. The topological polar surface area (TPSA) is 87.8 Å². The van der Waals surface area contributed by atoms with Crippen molar-refractivity contribution in [3.05, 3.63) is 117 Å². The van der Waals surface area contributed by atoms with Crippen LogP contribution in [0, 0.1) is 32.1 Å². The summed E-state index contributed by atoms with van der Waals surface area (Å²) in [5.41, 5.74) is 14.0. The third-order valence-corrected chi connectivity index (χ3v) is 11.3. The smallest absolute Gasteiger partial charge is 0.105 e. The first-order chi connectivity index (χ1) is 25.6. The predicted octanol–water partition coefficient (Wildman–Crippen LogP) is 8.44. The molecule has 1 unspecified atom stereocenters. The molecule has 1 saturated heterocycles. The maximum absolute atomic E-state index is 10.1. The number of aliphatic hydroxyl groups is 1. The van der Waals surface area contributed by atoms with E-state index in [1.165, 1.54) is 55.9 Å². The monoisotopic (exact) mass is 712 g/mol. The molecule has 0 amide bonds. The highest BCUT2D eigenvalue weighted by atomic mass is 16.3. The molecule has 1 atom stereocenters. The zero-order valence-corrected chi connectivity index (χ0v) is 33.2. The highest BCUT2D eigenvalue weighted by Gasteiger charge is 2.21. The number of rotatable bonds is 15. The molecule has 1 aromatic heterocycles. The molecule has 2 N–H and O–H groups in total. The molecule has 7 nitrogen and oxygen atoms in total. The van der Waals surface area contributed by atoms with Gasteiger partial charge in [0.1, 0.15) is 11.9 Å². The molecule has 0 radical (unpaired) electrons. The second-order valence-corrected chi connectivity index (χ2v) is 15.3. The summed E-state index contributed by atoms with van der Waals surface area (Å²) in [5, 5.41) is 23.1. The lowest BCUT2D eigenvalue weighted by Crippen LogP contribution is -2.47. The Bertz CT molecular complexity index is 1910. The van der Waals surface area contributed by atoms with E-state index in [0.717, 1.165) is 82.4 Å². The van der Waals surface area contributed by atoms with Crippen LogP contribution in [0.15, 0.2) is 72.0 Å². The molecule has 1 aliphatic heterocycles. The Morgan fingerprint density at radius 3 is 2.36 bits per heavy atom. The highest BCUT2D eigenvalue weighted by molar-refractivity contribution is 5.86. The number of aryl methyl sites for hydroxylation is 6. The van der Waals surface area contributed by atoms with E-state index in [1.807, 2.05) is 12.3 Å². The number of aliphatic hydroxyl groups excluding tert-OH is 1. The van der Waals surface area contributed by atoms with Crippen molar-refractivity contribution in [1.29, 1.82) is 5.26 Å². The van der Waals surface area contributed by atoms with E-state index < -0.39 is 0 Å². The second kappa shape index (κ2) is 18.6. The lowest BCUT2D eigenvalue weighted by Gasteiger charge is -2.34. The molecule has 5 rings (SSSR count). The fourth-order valence-corrected chi connectivity index (χ4v) is 7.24. The van der Waals surface area contributed by atoms with Crippen LogP contribution in [0.25, 0.3) is 11.1 Å². The maximum atomic E-state index is 10.1. The standard InChI is InChI=1S/C46H60N6O/c1-8-11-45(52-22-20-51(7)21-23-52)50-44-27-41(16-14-33(44)3)43-13-10-12-38(35(43)5)18-19-39-26-40(17-15-36-25-37(28-47)30-48-29-36)42(24-34(39)4)31-49-46(6,9-2)32-53/h10,12-14,16,24-27,29-30,49,53H,8-9,11,15,17-23,31-32H2,1-7H3/b50-45+. The number of nitrogens with one attached hydrogen (secondary N) is 1. The van der Waals surface area contributed by atoms with Gasteiger partial charge in [-0.15, -0.1) is 0 Å². The Balaban J connectivity index is 1.39. The van der Waals surface area contributed by atoms with Crippen LogP contribution in [0.5, 0.6) is 0 Å². The number of pyridine rings is 1. The Morgan fingerprint density at radius 2 is 1.64 bits per heavy atom. The van der Waals surface area contributed by atoms with Crippen LogP contribution < -0.4 is 5.32 Å². The van der Waals surface area contributed by atoms with Gasteiger partial charge in [0, 0.05) is 57.1 Å². The van der Waals surface area contributed by atoms with Crippen LogP contribution in [0.2, 0.25) is 0 Å². The first-order valence-electron chi connectivity index (χ1n) is 19.6. The summed E-state index contributed by atoms with van der Waals surface area (Å²) in [6.45, 7) is 18.1. The van der Waals surface area contributed by atoms with Gasteiger partial charge in [-0.05, 0) is 141 Å². The van der Waals surface area contributed by atoms with Crippen molar-refractivity contribution in [2.45, 2.75) is 98.6 Å². The number of hydrogen-bond acceptors (Lipinski definition) is 6. The van der Waals surface area contributed by atoms with Gasteiger partial charge in [0.2, 0.25) is 0 Å². The van der Waals surface area contributed by atoms with Gasteiger partial charge < -0.3 is 20.2 Å². The second-order valence-electron chi connectivity index (χ2n) is 15.3. The molecule has 0 saturated carbocycles. The number of aliphatic imine (C=N–C) groups is 1. The summed E-state index contributed by atoms with van der Waals surface area (Å²) >= 11 is 0. The van der Waals surface area contributed by atoms with Gasteiger partial charge in [-0.2, -0.15) is 5.26 Å². The molecule has 3 aromatic carbocycles. The van der Waals surface area contributed by atoms with Crippen molar-refractivity contribution in [2.75, 3.05) is 39.8 Å². The third-order valence-electron chi connectivity index (χ3n) is 11.3. The molecular weight excluding hydrogens is 653 g/mol. The van der Waals surface area contributed by atoms with Gasteiger partial charge in [0.25, 0.3) is 0 Å². The molecule has 0 aliphatic carbocycles. The first kappa shape index (κ1) is 39.8. The number of nitrogens with zero attached hydrogens (tertiary/aromatic N) is 5. The van der Waals surface area contributed by atoms with Gasteiger partial charge in [-0.1, -0.05) is 56.3 Å². The third kappa shape index (κ3) is 10.4. The number of hydrogen-bond donors (Lipinski definition) is 2. The minimum absolute atomic E-state index is 0.0918.